The van der Waals surface area contributed by atoms with Crippen LogP contribution in [0.2, 0.25) is 0 Å². The zero-order chi connectivity index (χ0) is 18.8. The van der Waals surface area contributed by atoms with E-state index in [9.17, 15) is 13.6 Å². The molecule has 1 amide bonds. The van der Waals surface area contributed by atoms with Gasteiger partial charge in [0.25, 0.3) is 6.43 Å². The Morgan fingerprint density at radius 3 is 2.56 bits per heavy atom. The number of alkyl halides is 2. The van der Waals surface area contributed by atoms with E-state index in [-0.39, 0.29) is 6.54 Å². The van der Waals surface area contributed by atoms with Gasteiger partial charge in [-0.25, -0.2) is 13.6 Å². The van der Waals surface area contributed by atoms with Gasteiger partial charge in [0, 0.05) is 11.5 Å². The number of hydrogen-bond donors (Lipinski definition) is 0. The molecule has 0 spiro atoms. The fraction of sp³-hybridized carbons (Fsp3) is 0.190. The van der Waals surface area contributed by atoms with E-state index in [1.807, 2.05) is 54.6 Å². The van der Waals surface area contributed by atoms with E-state index in [0.29, 0.717) is 18.0 Å². The van der Waals surface area contributed by atoms with Crippen molar-refractivity contribution >= 4 is 22.6 Å². The maximum Gasteiger partial charge on any atom is 0.414 e. The van der Waals surface area contributed by atoms with Crippen LogP contribution in [-0.2, 0) is 11.3 Å². The summed E-state index contributed by atoms with van der Waals surface area (Å²) >= 11 is 0. The van der Waals surface area contributed by atoms with Crippen LogP contribution in [0.15, 0.2) is 66.7 Å². The maximum absolute atomic E-state index is 12.9. The van der Waals surface area contributed by atoms with Crippen LogP contribution in [0.4, 0.5) is 19.3 Å². The first-order valence-electron chi connectivity index (χ1n) is 8.57. The van der Waals surface area contributed by atoms with Crippen LogP contribution in [0, 0.1) is 0 Å². The molecule has 0 radical (unpaired) electrons. The van der Waals surface area contributed by atoms with Crippen molar-refractivity contribution in [2.24, 2.45) is 0 Å². The molecule has 6 heteroatoms. The van der Waals surface area contributed by atoms with Crippen molar-refractivity contribution in [3.63, 3.8) is 0 Å². The molecule has 1 heterocycles. The average Bonchev–Trinajstić information content (AvgIpc) is 3.09. The van der Waals surface area contributed by atoms with Gasteiger partial charge in [0.05, 0.1) is 12.2 Å². The Morgan fingerprint density at radius 1 is 1.07 bits per heavy atom. The lowest BCUT2D eigenvalue weighted by atomic mass is 10.1. The fourth-order valence-corrected chi connectivity index (χ4v) is 3.10. The van der Waals surface area contributed by atoms with Gasteiger partial charge in [-0.2, -0.15) is 0 Å². The molecule has 3 aromatic carbocycles. The predicted octanol–water partition coefficient (Wildman–Crippen LogP) is 5.01. The van der Waals surface area contributed by atoms with Gasteiger partial charge in [0.2, 0.25) is 0 Å². The Hall–Kier alpha value is -3.15. The maximum atomic E-state index is 12.9. The third-order valence-corrected chi connectivity index (χ3v) is 4.47. The zero-order valence-electron chi connectivity index (χ0n) is 14.3. The number of rotatable bonds is 5. The number of anilines is 1. The number of halogens is 2. The smallest absolute Gasteiger partial charge is 0.414 e. The van der Waals surface area contributed by atoms with E-state index in [1.54, 1.807) is 12.1 Å². The highest BCUT2D eigenvalue weighted by Gasteiger charge is 2.38. The topological polar surface area (TPSA) is 38.8 Å². The summed E-state index contributed by atoms with van der Waals surface area (Å²) in [4.78, 5) is 13.3. The summed E-state index contributed by atoms with van der Waals surface area (Å²) in [5.41, 5.74) is 1.48. The van der Waals surface area contributed by atoms with E-state index in [1.165, 1.54) is 4.90 Å². The first-order valence-corrected chi connectivity index (χ1v) is 8.57. The van der Waals surface area contributed by atoms with E-state index < -0.39 is 18.6 Å². The second-order valence-electron chi connectivity index (χ2n) is 6.31. The minimum atomic E-state index is -2.71. The second kappa shape index (κ2) is 7.23. The first-order chi connectivity index (χ1) is 13.1. The molecule has 1 unspecified atom stereocenters. The fourth-order valence-electron chi connectivity index (χ4n) is 3.10. The molecule has 0 aliphatic carbocycles. The average molecular weight is 369 g/mol. The van der Waals surface area contributed by atoms with Crippen molar-refractivity contribution in [2.45, 2.75) is 19.1 Å². The van der Waals surface area contributed by atoms with Crippen LogP contribution < -0.4 is 9.64 Å². The van der Waals surface area contributed by atoms with Gasteiger partial charge in [-0.1, -0.05) is 54.6 Å². The molecule has 0 N–H and O–H groups in total. The number of carbonyl (C=O) groups excluding carboxylic acids is 1. The molecule has 0 aromatic heterocycles. The van der Waals surface area contributed by atoms with Crippen molar-refractivity contribution < 1.29 is 23.0 Å². The number of amides is 1. The lowest BCUT2D eigenvalue weighted by Crippen LogP contribution is -2.26. The van der Waals surface area contributed by atoms with E-state index in [2.05, 4.69) is 0 Å². The first kappa shape index (κ1) is 17.3. The van der Waals surface area contributed by atoms with Gasteiger partial charge in [-0.3, -0.25) is 4.90 Å². The molecular formula is C21H17F2NO3. The van der Waals surface area contributed by atoms with Crippen molar-refractivity contribution in [1.82, 2.24) is 0 Å². The van der Waals surface area contributed by atoms with Crippen LogP contribution in [0.5, 0.6) is 5.75 Å². The minimum Gasteiger partial charge on any atom is -0.488 e. The number of ether oxygens (including phenoxy) is 2. The largest absolute Gasteiger partial charge is 0.488 e. The quantitative estimate of drug-likeness (QED) is 0.635. The lowest BCUT2D eigenvalue weighted by Gasteiger charge is -2.17. The number of hydrogen-bond acceptors (Lipinski definition) is 3. The van der Waals surface area contributed by atoms with Crippen LogP contribution in [0.25, 0.3) is 10.8 Å². The van der Waals surface area contributed by atoms with Crippen molar-refractivity contribution in [2.75, 3.05) is 11.4 Å². The standard InChI is InChI=1S/C21H17F2NO3/c22-20(23)19-12-24(21(25)27-19)16-10-15-8-4-5-9-17(15)18(11-16)26-13-14-6-2-1-3-7-14/h1-11,19-20H,12-13H2. The van der Waals surface area contributed by atoms with E-state index in [0.717, 1.165) is 16.3 Å². The molecule has 4 nitrogen and oxygen atoms in total. The number of carbonyl (C=O) groups is 1. The Balaban J connectivity index is 1.67. The SMILES string of the molecule is O=C1OC(C(F)F)CN1c1cc(OCc2ccccc2)c2ccccc2c1. The highest BCUT2D eigenvalue weighted by atomic mass is 19.3. The molecule has 3 aromatic rings. The molecule has 27 heavy (non-hydrogen) atoms. The summed E-state index contributed by atoms with van der Waals surface area (Å²) in [5.74, 6) is 0.584. The highest BCUT2D eigenvalue weighted by molar-refractivity contribution is 5.97. The Kier molecular flexibility index (Phi) is 4.62. The Morgan fingerprint density at radius 2 is 1.81 bits per heavy atom. The molecule has 1 atom stereocenters. The molecule has 1 aliphatic heterocycles. The summed E-state index contributed by atoms with van der Waals surface area (Å²) in [6.45, 7) is 0.172. The predicted molar refractivity (Wildman–Crippen MR) is 98.3 cm³/mol. The molecule has 4 rings (SSSR count). The molecule has 1 fully saturated rings. The summed E-state index contributed by atoms with van der Waals surface area (Å²) in [6, 6.07) is 20.7. The van der Waals surface area contributed by atoms with Crippen LogP contribution in [-0.4, -0.2) is 25.2 Å². The zero-order valence-corrected chi connectivity index (χ0v) is 14.3. The van der Waals surface area contributed by atoms with Gasteiger partial charge in [0.1, 0.15) is 12.4 Å². The van der Waals surface area contributed by atoms with E-state index >= 15 is 0 Å². The molecular weight excluding hydrogens is 352 g/mol. The summed E-state index contributed by atoms with van der Waals surface area (Å²) < 4.78 is 36.6. The summed E-state index contributed by atoms with van der Waals surface area (Å²) in [6.07, 6.45) is -4.91. The molecule has 1 saturated heterocycles. The van der Waals surface area contributed by atoms with Crippen LogP contribution in [0.1, 0.15) is 5.56 Å². The lowest BCUT2D eigenvalue weighted by molar-refractivity contribution is 0.0106. The number of fused-ring (bicyclic) bond motifs is 1. The van der Waals surface area contributed by atoms with Gasteiger partial charge in [-0.05, 0) is 17.0 Å². The second-order valence-corrected chi connectivity index (χ2v) is 6.31. The van der Waals surface area contributed by atoms with Gasteiger partial charge < -0.3 is 9.47 Å². The van der Waals surface area contributed by atoms with Gasteiger partial charge >= 0.3 is 6.09 Å². The van der Waals surface area contributed by atoms with Crippen molar-refractivity contribution in [3.8, 4) is 5.75 Å². The number of cyclic esters (lactones) is 1. The van der Waals surface area contributed by atoms with Gasteiger partial charge in [0.15, 0.2) is 6.10 Å². The van der Waals surface area contributed by atoms with Crippen molar-refractivity contribution in [1.29, 1.82) is 0 Å². The summed E-state index contributed by atoms with van der Waals surface area (Å²) in [5, 5.41) is 1.74. The monoisotopic (exact) mass is 369 g/mol. The number of nitrogens with zero attached hydrogens (tertiary/aromatic N) is 1. The summed E-state index contributed by atoms with van der Waals surface area (Å²) in [7, 11) is 0. The number of benzene rings is 3. The molecule has 0 saturated carbocycles. The minimum absolute atomic E-state index is 0.188. The third-order valence-electron chi connectivity index (χ3n) is 4.47. The van der Waals surface area contributed by atoms with Crippen molar-refractivity contribution in [3.05, 3.63) is 72.3 Å². The van der Waals surface area contributed by atoms with Gasteiger partial charge in [-0.15, -0.1) is 0 Å². The molecule has 138 valence electrons. The highest BCUT2D eigenvalue weighted by Crippen LogP contribution is 2.34. The van der Waals surface area contributed by atoms with Crippen LogP contribution in [0.3, 0.4) is 0 Å². The normalized spacial score (nSPS) is 16.8. The Labute approximate surface area is 154 Å². The molecule has 1 aliphatic rings. The Bertz CT molecular complexity index is 962. The molecule has 0 bridgehead atoms. The van der Waals surface area contributed by atoms with E-state index in [4.69, 9.17) is 9.47 Å². The van der Waals surface area contributed by atoms with Crippen LogP contribution >= 0.6 is 0 Å². The third kappa shape index (κ3) is 3.56.